The number of carbonyl (C=O) groups excluding carboxylic acids is 1. The molecule has 6 rings (SSSR count). The third kappa shape index (κ3) is 6.84. The highest BCUT2D eigenvalue weighted by Gasteiger charge is 2.70. The van der Waals surface area contributed by atoms with Crippen LogP contribution in [-0.4, -0.2) is 52.1 Å². The smallest absolute Gasteiger partial charge is 0.306 e. The fourth-order valence-corrected chi connectivity index (χ4v) is 13.9. The summed E-state index contributed by atoms with van der Waals surface area (Å²) < 4.78 is 6.27. The van der Waals surface area contributed by atoms with Crippen molar-refractivity contribution in [1.82, 2.24) is 5.32 Å². The van der Waals surface area contributed by atoms with Crippen LogP contribution >= 0.6 is 11.6 Å². The fraction of sp³-hybridized carbons (Fsp3) is 0.778. The standard InChI is InChI=1S/C45H68ClNO6/c1-27(2)38-31(48)22-45(34(49)26-47-25-28-10-12-29(46)13-11-28)21-20-43(8)30(39(38)45)14-15-33-42(7)18-17-35(41(5,6)32(42)16-19-44(33,43)9)53-37(52)24-40(3,4)23-36(50)51/h10-13,27,30-35,47-49H,14-26H2,1-9H3,(H,50,51)/t30-,31?,32+,33-,34-,35+,42+,43-,44-,45+/m1/s1. The Kier molecular flexibility index (Phi) is 10.9. The Bertz CT molecular complexity index is 1590. The van der Waals surface area contributed by atoms with E-state index in [1.54, 1.807) is 0 Å². The highest BCUT2D eigenvalue weighted by molar-refractivity contribution is 6.30. The molecule has 1 aromatic rings. The van der Waals surface area contributed by atoms with Gasteiger partial charge in [0.25, 0.3) is 0 Å². The third-order valence-corrected chi connectivity index (χ3v) is 16.6. The number of carboxylic acid groups (broad SMARTS) is 1. The zero-order valence-corrected chi connectivity index (χ0v) is 34.7. The highest BCUT2D eigenvalue weighted by atomic mass is 35.5. The first kappa shape index (κ1) is 40.7. The largest absolute Gasteiger partial charge is 0.481 e. The molecule has 8 heteroatoms. The van der Waals surface area contributed by atoms with Crippen molar-refractivity contribution < 1.29 is 29.6 Å². The summed E-state index contributed by atoms with van der Waals surface area (Å²) >= 11 is 6.12. The van der Waals surface area contributed by atoms with Crippen molar-refractivity contribution in [1.29, 1.82) is 0 Å². The molecule has 5 aliphatic carbocycles. The van der Waals surface area contributed by atoms with E-state index in [0.29, 0.717) is 42.3 Å². The maximum absolute atomic E-state index is 13.2. The zero-order valence-electron chi connectivity index (χ0n) is 34.0. The Balaban J connectivity index is 1.24. The number of aliphatic hydroxyl groups excluding tert-OH is 2. The molecule has 7 nitrogen and oxygen atoms in total. The third-order valence-electron chi connectivity index (χ3n) is 16.4. The Labute approximate surface area is 324 Å². The maximum atomic E-state index is 13.2. The van der Waals surface area contributed by atoms with Crippen LogP contribution in [0.5, 0.6) is 0 Å². The van der Waals surface area contributed by atoms with Gasteiger partial charge in [0.05, 0.1) is 25.0 Å². The molecule has 0 aromatic heterocycles. The molecule has 10 atom stereocenters. The predicted molar refractivity (Wildman–Crippen MR) is 210 cm³/mol. The fourth-order valence-electron chi connectivity index (χ4n) is 13.7. The van der Waals surface area contributed by atoms with Gasteiger partial charge in [-0.25, -0.2) is 0 Å². The number of benzene rings is 1. The van der Waals surface area contributed by atoms with Gasteiger partial charge in [0.15, 0.2) is 0 Å². The van der Waals surface area contributed by atoms with Gasteiger partial charge < -0.3 is 25.4 Å². The minimum atomic E-state index is -0.895. The van der Waals surface area contributed by atoms with Crippen molar-refractivity contribution in [3.63, 3.8) is 0 Å². The average molecular weight is 754 g/mol. The minimum Gasteiger partial charge on any atom is -0.481 e. The number of hydrogen-bond acceptors (Lipinski definition) is 6. The SMILES string of the molecule is CC(C)C1=C2[C@H]3CC[C@@H]4[C@@]5(C)CC[C@H](OC(=O)CC(C)(C)CC(=O)O)C(C)(C)[C@@H]5CC[C@@]4(C)[C@]3(C)CC[C@@]2([C@H](O)CNCc2ccc(Cl)cc2)CC1O. The summed E-state index contributed by atoms with van der Waals surface area (Å²) in [5, 5.41) is 37.6. The lowest BCUT2D eigenvalue weighted by Gasteiger charge is -2.72. The van der Waals surface area contributed by atoms with Crippen LogP contribution in [-0.2, 0) is 20.9 Å². The van der Waals surface area contributed by atoms with Crippen molar-refractivity contribution in [2.45, 2.75) is 158 Å². The van der Waals surface area contributed by atoms with Crippen molar-refractivity contribution in [2.75, 3.05) is 6.54 Å². The molecule has 4 saturated carbocycles. The maximum Gasteiger partial charge on any atom is 0.306 e. The number of hydrogen-bond donors (Lipinski definition) is 4. The number of fused-ring (bicyclic) bond motifs is 7. The van der Waals surface area contributed by atoms with Gasteiger partial charge in [-0.2, -0.15) is 0 Å². The lowest BCUT2D eigenvalue weighted by molar-refractivity contribution is -0.235. The number of esters is 1. The van der Waals surface area contributed by atoms with Gasteiger partial charge in [0.2, 0.25) is 0 Å². The summed E-state index contributed by atoms with van der Waals surface area (Å²) in [4.78, 5) is 24.7. The molecular formula is C45H68ClNO6. The molecule has 0 bridgehead atoms. The number of aliphatic carboxylic acids is 1. The van der Waals surface area contributed by atoms with E-state index in [1.165, 1.54) is 11.1 Å². The second kappa shape index (κ2) is 14.2. The molecule has 0 spiro atoms. The lowest BCUT2D eigenvalue weighted by atomic mass is 9.33. The number of carbonyl (C=O) groups is 2. The van der Waals surface area contributed by atoms with Crippen LogP contribution in [0.3, 0.4) is 0 Å². The van der Waals surface area contributed by atoms with Crippen LogP contribution in [0.15, 0.2) is 35.4 Å². The lowest BCUT2D eigenvalue weighted by Crippen LogP contribution is -2.66. The number of nitrogens with one attached hydrogen (secondary N) is 1. The van der Waals surface area contributed by atoms with E-state index >= 15 is 0 Å². The van der Waals surface area contributed by atoms with Crippen molar-refractivity contribution in [2.24, 2.45) is 56.2 Å². The Morgan fingerprint density at radius 1 is 0.925 bits per heavy atom. The van der Waals surface area contributed by atoms with Gasteiger partial charge in [-0.05, 0) is 126 Å². The van der Waals surface area contributed by atoms with Crippen molar-refractivity contribution in [3.05, 3.63) is 46.0 Å². The van der Waals surface area contributed by atoms with Crippen LogP contribution < -0.4 is 5.32 Å². The Morgan fingerprint density at radius 3 is 2.25 bits per heavy atom. The first-order chi connectivity index (χ1) is 24.6. The van der Waals surface area contributed by atoms with Gasteiger partial charge in [0, 0.05) is 28.9 Å². The molecular weight excluding hydrogens is 686 g/mol. The molecule has 0 aliphatic heterocycles. The number of carboxylic acids is 1. The number of aliphatic hydroxyl groups is 2. The molecule has 1 unspecified atom stereocenters. The van der Waals surface area contributed by atoms with Gasteiger partial charge in [-0.3, -0.25) is 9.59 Å². The summed E-state index contributed by atoms with van der Waals surface area (Å²) in [5.74, 6) is 0.277. The summed E-state index contributed by atoms with van der Waals surface area (Å²) in [5.41, 5.74) is 2.65. The second-order valence-corrected chi connectivity index (χ2v) is 21.0. The van der Waals surface area contributed by atoms with E-state index in [2.05, 4.69) is 53.8 Å². The molecule has 5 aliphatic rings. The van der Waals surface area contributed by atoms with Crippen molar-refractivity contribution in [3.8, 4) is 0 Å². The predicted octanol–water partition coefficient (Wildman–Crippen LogP) is 9.37. The van der Waals surface area contributed by atoms with E-state index in [4.69, 9.17) is 16.3 Å². The number of rotatable bonds is 11. The first-order valence-electron chi connectivity index (χ1n) is 20.6. The summed E-state index contributed by atoms with van der Waals surface area (Å²) in [7, 11) is 0. The summed E-state index contributed by atoms with van der Waals surface area (Å²) in [6.45, 7) is 21.5. The second-order valence-electron chi connectivity index (χ2n) is 20.5. The van der Waals surface area contributed by atoms with Gasteiger partial charge >= 0.3 is 11.9 Å². The average Bonchev–Trinajstić information content (AvgIpc) is 3.36. The van der Waals surface area contributed by atoms with Crippen LogP contribution in [0.25, 0.3) is 0 Å². The topological polar surface area (TPSA) is 116 Å². The molecule has 1 aromatic carbocycles. The molecule has 4 N–H and O–H groups in total. The highest BCUT2D eigenvalue weighted by Crippen LogP contribution is 2.77. The minimum absolute atomic E-state index is 0.0343. The van der Waals surface area contributed by atoms with Gasteiger partial charge in [0.1, 0.15) is 6.10 Å². The van der Waals surface area contributed by atoms with Crippen LogP contribution in [0.2, 0.25) is 5.02 Å². The quantitative estimate of drug-likeness (QED) is 0.132. The van der Waals surface area contributed by atoms with E-state index in [9.17, 15) is 24.9 Å². The number of ether oxygens (including phenoxy) is 1. The molecule has 4 fully saturated rings. The van der Waals surface area contributed by atoms with Crippen LogP contribution in [0.1, 0.15) is 139 Å². The number of halogens is 1. The van der Waals surface area contributed by atoms with Crippen molar-refractivity contribution >= 4 is 23.5 Å². The van der Waals surface area contributed by atoms with Crippen LogP contribution in [0, 0.1) is 56.2 Å². The van der Waals surface area contributed by atoms with Crippen LogP contribution in [0.4, 0.5) is 0 Å². The Morgan fingerprint density at radius 2 is 1.60 bits per heavy atom. The summed E-state index contributed by atoms with van der Waals surface area (Å²) in [6.07, 6.45) is 7.50. The van der Waals surface area contributed by atoms with E-state index in [-0.39, 0.29) is 52.5 Å². The molecule has 296 valence electrons. The van der Waals surface area contributed by atoms with E-state index in [0.717, 1.165) is 56.9 Å². The van der Waals surface area contributed by atoms with Gasteiger partial charge in [-0.1, -0.05) is 91.6 Å². The normalized spacial score (nSPS) is 38.4. The monoisotopic (exact) mass is 753 g/mol. The molecule has 0 radical (unpaired) electrons. The Hall–Kier alpha value is -1.93. The van der Waals surface area contributed by atoms with Gasteiger partial charge in [-0.15, -0.1) is 0 Å². The molecule has 0 heterocycles. The zero-order chi connectivity index (χ0) is 38.9. The summed E-state index contributed by atoms with van der Waals surface area (Å²) in [6, 6.07) is 7.85. The molecule has 0 amide bonds. The van der Waals surface area contributed by atoms with E-state index < -0.39 is 29.0 Å². The molecule has 53 heavy (non-hydrogen) atoms. The first-order valence-corrected chi connectivity index (χ1v) is 21.0. The molecule has 0 saturated heterocycles. The van der Waals surface area contributed by atoms with E-state index in [1.807, 2.05) is 38.1 Å².